The number of hydrogen-bond acceptors (Lipinski definition) is 5. The Hall–Kier alpha value is -3.33. The van der Waals surface area contributed by atoms with Crippen molar-refractivity contribution in [1.82, 2.24) is 4.90 Å². The molecular weight excluding hydrogens is 366 g/mol. The molecule has 0 aromatic heterocycles. The summed E-state index contributed by atoms with van der Waals surface area (Å²) in [5.74, 6) is 0.629. The number of amides is 1. The summed E-state index contributed by atoms with van der Waals surface area (Å²) in [5, 5.41) is 9.41. The number of nitrogens with zero attached hydrogens (tertiary/aromatic N) is 3. The van der Waals surface area contributed by atoms with Crippen LogP contribution in [0.25, 0.3) is 0 Å². The number of carbonyl (C=O) groups excluding carboxylic acids is 2. The summed E-state index contributed by atoms with van der Waals surface area (Å²) in [7, 11) is 0. The SMILES string of the molecule is CC(=O)c1ccc(C#N)c(N2CCN(C(=O)C(C)Oc3ccccc3C)CC2)c1. The molecule has 1 atom stereocenters. The van der Waals surface area contributed by atoms with Crippen LogP contribution in [0, 0.1) is 18.3 Å². The number of benzene rings is 2. The van der Waals surface area contributed by atoms with Crippen LogP contribution in [0.3, 0.4) is 0 Å². The van der Waals surface area contributed by atoms with Gasteiger partial charge in [-0.3, -0.25) is 9.59 Å². The van der Waals surface area contributed by atoms with Crippen molar-refractivity contribution >= 4 is 17.4 Å². The van der Waals surface area contributed by atoms with Gasteiger partial charge < -0.3 is 14.5 Å². The molecule has 2 aromatic rings. The normalized spacial score (nSPS) is 14.8. The third-order valence-corrected chi connectivity index (χ3v) is 5.20. The maximum absolute atomic E-state index is 12.8. The molecule has 1 heterocycles. The van der Waals surface area contributed by atoms with Crippen molar-refractivity contribution < 1.29 is 14.3 Å². The average molecular weight is 391 g/mol. The molecule has 29 heavy (non-hydrogen) atoms. The van der Waals surface area contributed by atoms with E-state index >= 15 is 0 Å². The second kappa shape index (κ2) is 8.78. The van der Waals surface area contributed by atoms with Crippen molar-refractivity contribution in [2.24, 2.45) is 0 Å². The standard InChI is InChI=1S/C23H25N3O3/c1-16-6-4-5-7-22(16)29-18(3)23(28)26-12-10-25(11-13-26)21-14-19(17(2)27)8-9-20(21)15-24/h4-9,14,18H,10-13H2,1-3H3. The second-order valence-corrected chi connectivity index (χ2v) is 7.24. The zero-order valence-corrected chi connectivity index (χ0v) is 17.0. The largest absolute Gasteiger partial charge is 0.481 e. The van der Waals surface area contributed by atoms with Gasteiger partial charge in [-0.05, 0) is 50.6 Å². The molecule has 2 aromatic carbocycles. The van der Waals surface area contributed by atoms with Gasteiger partial charge in [0.25, 0.3) is 5.91 Å². The molecule has 1 aliphatic rings. The number of Topliss-reactive ketones (excluding diaryl/α,β-unsaturated/α-hetero) is 1. The highest BCUT2D eigenvalue weighted by Gasteiger charge is 2.27. The summed E-state index contributed by atoms with van der Waals surface area (Å²) in [6.45, 7) is 7.50. The lowest BCUT2D eigenvalue weighted by Crippen LogP contribution is -2.52. The van der Waals surface area contributed by atoms with Crippen LogP contribution in [-0.2, 0) is 4.79 Å². The minimum atomic E-state index is -0.571. The van der Waals surface area contributed by atoms with Gasteiger partial charge in [-0.1, -0.05) is 18.2 Å². The van der Waals surface area contributed by atoms with Crippen molar-refractivity contribution in [1.29, 1.82) is 5.26 Å². The molecule has 150 valence electrons. The summed E-state index contributed by atoms with van der Waals surface area (Å²) < 4.78 is 5.86. The summed E-state index contributed by atoms with van der Waals surface area (Å²) in [5.41, 5.74) is 2.85. The Balaban J connectivity index is 1.65. The quantitative estimate of drug-likeness (QED) is 0.732. The van der Waals surface area contributed by atoms with Crippen LogP contribution >= 0.6 is 0 Å². The lowest BCUT2D eigenvalue weighted by molar-refractivity contribution is -0.138. The van der Waals surface area contributed by atoms with E-state index in [-0.39, 0.29) is 11.7 Å². The fraction of sp³-hybridized carbons (Fsp3) is 0.348. The Bertz CT molecular complexity index is 956. The van der Waals surface area contributed by atoms with Crippen molar-refractivity contribution in [2.75, 3.05) is 31.1 Å². The molecule has 6 nitrogen and oxygen atoms in total. The summed E-state index contributed by atoms with van der Waals surface area (Å²) >= 11 is 0. The van der Waals surface area contributed by atoms with Gasteiger partial charge in [0, 0.05) is 31.7 Å². The topological polar surface area (TPSA) is 73.6 Å². The zero-order chi connectivity index (χ0) is 21.0. The van der Waals surface area contributed by atoms with Crippen LogP contribution in [0.15, 0.2) is 42.5 Å². The van der Waals surface area contributed by atoms with Gasteiger partial charge in [0.2, 0.25) is 0 Å². The molecule has 1 saturated heterocycles. The first-order valence-electron chi connectivity index (χ1n) is 9.72. The molecule has 0 radical (unpaired) electrons. The second-order valence-electron chi connectivity index (χ2n) is 7.24. The highest BCUT2D eigenvalue weighted by molar-refractivity contribution is 5.95. The first kappa shape index (κ1) is 20.4. The van der Waals surface area contributed by atoms with E-state index < -0.39 is 6.10 Å². The van der Waals surface area contributed by atoms with E-state index in [0.29, 0.717) is 43.1 Å². The lowest BCUT2D eigenvalue weighted by Gasteiger charge is -2.37. The molecule has 0 aliphatic carbocycles. The number of ether oxygens (including phenoxy) is 1. The van der Waals surface area contributed by atoms with Gasteiger partial charge in [-0.15, -0.1) is 0 Å². The van der Waals surface area contributed by atoms with Crippen LogP contribution in [-0.4, -0.2) is 48.9 Å². The highest BCUT2D eigenvalue weighted by Crippen LogP contribution is 2.24. The minimum Gasteiger partial charge on any atom is -0.481 e. The number of hydrogen-bond donors (Lipinski definition) is 0. The molecule has 3 rings (SSSR count). The molecule has 0 N–H and O–H groups in total. The van der Waals surface area contributed by atoms with E-state index in [2.05, 4.69) is 11.0 Å². The fourth-order valence-electron chi connectivity index (χ4n) is 3.46. The van der Waals surface area contributed by atoms with Gasteiger partial charge in [0.1, 0.15) is 11.8 Å². The third-order valence-electron chi connectivity index (χ3n) is 5.20. The van der Waals surface area contributed by atoms with Crippen LogP contribution < -0.4 is 9.64 Å². The zero-order valence-electron chi connectivity index (χ0n) is 17.0. The summed E-state index contributed by atoms with van der Waals surface area (Å²) in [6.07, 6.45) is -0.571. The number of aryl methyl sites for hydroxylation is 1. The highest BCUT2D eigenvalue weighted by atomic mass is 16.5. The van der Waals surface area contributed by atoms with Crippen molar-refractivity contribution in [3.63, 3.8) is 0 Å². The number of ketones is 1. The number of carbonyl (C=O) groups is 2. The van der Waals surface area contributed by atoms with E-state index in [1.807, 2.05) is 31.2 Å². The van der Waals surface area contributed by atoms with Crippen LogP contribution in [0.1, 0.15) is 35.3 Å². The van der Waals surface area contributed by atoms with Gasteiger partial charge in [-0.25, -0.2) is 0 Å². The Kier molecular flexibility index (Phi) is 6.18. The first-order valence-corrected chi connectivity index (χ1v) is 9.72. The maximum atomic E-state index is 12.8. The number of piperazine rings is 1. The molecule has 1 amide bonds. The number of nitriles is 1. The van der Waals surface area contributed by atoms with Gasteiger partial charge in [0.05, 0.1) is 11.3 Å². The molecule has 1 aliphatic heterocycles. The average Bonchev–Trinajstić information content (AvgIpc) is 2.74. The lowest BCUT2D eigenvalue weighted by atomic mass is 10.1. The molecule has 0 saturated carbocycles. The predicted molar refractivity (Wildman–Crippen MR) is 111 cm³/mol. The van der Waals surface area contributed by atoms with Gasteiger partial charge >= 0.3 is 0 Å². The molecule has 1 unspecified atom stereocenters. The molecule has 0 bridgehead atoms. The Morgan fingerprint density at radius 2 is 1.79 bits per heavy atom. The van der Waals surface area contributed by atoms with E-state index in [4.69, 9.17) is 4.74 Å². The predicted octanol–water partition coefficient (Wildman–Crippen LogP) is 3.19. The number of anilines is 1. The number of rotatable bonds is 5. The fourth-order valence-corrected chi connectivity index (χ4v) is 3.46. The molecular formula is C23H25N3O3. The van der Waals surface area contributed by atoms with E-state index in [9.17, 15) is 14.9 Å². The summed E-state index contributed by atoms with van der Waals surface area (Å²) in [6, 6.07) is 15.0. The first-order chi connectivity index (χ1) is 13.9. The van der Waals surface area contributed by atoms with Gasteiger partial charge in [-0.2, -0.15) is 5.26 Å². The molecule has 6 heteroatoms. The Morgan fingerprint density at radius 1 is 1.10 bits per heavy atom. The van der Waals surface area contributed by atoms with Crippen LogP contribution in [0.5, 0.6) is 5.75 Å². The van der Waals surface area contributed by atoms with E-state index in [1.165, 1.54) is 6.92 Å². The Morgan fingerprint density at radius 3 is 2.41 bits per heavy atom. The minimum absolute atomic E-state index is 0.0354. The molecule has 0 spiro atoms. The van der Waals surface area contributed by atoms with Gasteiger partial charge in [0.15, 0.2) is 11.9 Å². The smallest absolute Gasteiger partial charge is 0.263 e. The van der Waals surface area contributed by atoms with E-state index in [0.717, 1.165) is 11.3 Å². The van der Waals surface area contributed by atoms with E-state index in [1.54, 1.807) is 30.0 Å². The van der Waals surface area contributed by atoms with Crippen molar-refractivity contribution in [3.8, 4) is 11.8 Å². The summed E-state index contributed by atoms with van der Waals surface area (Å²) in [4.78, 5) is 28.4. The van der Waals surface area contributed by atoms with Crippen LogP contribution in [0.4, 0.5) is 5.69 Å². The monoisotopic (exact) mass is 391 g/mol. The third kappa shape index (κ3) is 4.57. The molecule has 1 fully saturated rings. The van der Waals surface area contributed by atoms with Crippen molar-refractivity contribution in [2.45, 2.75) is 26.9 Å². The number of para-hydroxylation sites is 1. The van der Waals surface area contributed by atoms with Crippen LogP contribution in [0.2, 0.25) is 0 Å². The Labute approximate surface area is 171 Å². The van der Waals surface area contributed by atoms with Crippen molar-refractivity contribution in [3.05, 3.63) is 59.2 Å². The maximum Gasteiger partial charge on any atom is 0.263 e.